The summed E-state index contributed by atoms with van der Waals surface area (Å²) in [6.45, 7) is 4.68. The highest BCUT2D eigenvalue weighted by Gasteiger charge is 2.25. The number of aromatic nitrogens is 5. The summed E-state index contributed by atoms with van der Waals surface area (Å²) in [6.07, 6.45) is 4.32. The predicted octanol–water partition coefficient (Wildman–Crippen LogP) is 3.76. The Morgan fingerprint density at radius 3 is 2.71 bits per heavy atom. The molecule has 0 bridgehead atoms. The number of benzene rings is 2. The average molecular weight is 457 g/mol. The second kappa shape index (κ2) is 7.99. The van der Waals surface area contributed by atoms with Crippen molar-refractivity contribution in [3.05, 3.63) is 69.9 Å². The quantitative estimate of drug-likeness (QED) is 0.445. The molecule has 34 heavy (non-hydrogen) atoms. The number of nitrogens with zero attached hydrogens (tertiary/aromatic N) is 5. The third-order valence-electron chi connectivity index (χ3n) is 7.25. The number of H-pyrrole nitrogens is 1. The van der Waals surface area contributed by atoms with Crippen molar-refractivity contribution in [2.75, 3.05) is 20.2 Å². The highest BCUT2D eigenvalue weighted by Crippen LogP contribution is 2.35. The van der Waals surface area contributed by atoms with Crippen molar-refractivity contribution in [2.24, 2.45) is 7.05 Å². The molecule has 0 unspecified atom stereocenters. The molecule has 3 aromatic heterocycles. The van der Waals surface area contributed by atoms with E-state index < -0.39 is 0 Å². The van der Waals surface area contributed by atoms with Crippen LogP contribution in [0.2, 0.25) is 0 Å². The molecule has 2 aromatic carbocycles. The Balaban J connectivity index is 1.26. The molecule has 8 heteroatoms. The normalized spacial score (nSPS) is 15.6. The van der Waals surface area contributed by atoms with Crippen LogP contribution in [0.3, 0.4) is 0 Å². The molecule has 0 spiro atoms. The largest absolute Gasteiger partial charge is 0.497 e. The zero-order chi connectivity index (χ0) is 23.4. The lowest BCUT2D eigenvalue weighted by atomic mass is 9.89. The minimum absolute atomic E-state index is 0.0404. The fourth-order valence-electron chi connectivity index (χ4n) is 5.35. The number of aryl methyl sites for hydroxylation is 2. The topological polar surface area (TPSA) is 80.4 Å². The van der Waals surface area contributed by atoms with Gasteiger partial charge in [-0.1, -0.05) is 11.6 Å². The first-order valence-electron chi connectivity index (χ1n) is 11.7. The number of fused-ring (bicyclic) bond motifs is 4. The van der Waals surface area contributed by atoms with Gasteiger partial charge in [-0.25, -0.2) is 0 Å². The lowest BCUT2D eigenvalue weighted by Gasteiger charge is -2.31. The lowest BCUT2D eigenvalue weighted by molar-refractivity contribution is 0.200. The van der Waals surface area contributed by atoms with E-state index in [9.17, 15) is 4.79 Å². The number of nitrogens with one attached hydrogen (secondary N) is 1. The predicted molar refractivity (Wildman–Crippen MR) is 133 cm³/mol. The van der Waals surface area contributed by atoms with Crippen molar-refractivity contribution in [1.82, 2.24) is 29.0 Å². The molecular weight excluding hydrogens is 428 g/mol. The van der Waals surface area contributed by atoms with Crippen molar-refractivity contribution in [2.45, 2.75) is 32.2 Å². The van der Waals surface area contributed by atoms with Crippen LogP contribution in [0.5, 0.6) is 5.75 Å². The van der Waals surface area contributed by atoms with Gasteiger partial charge in [-0.2, -0.15) is 0 Å². The highest BCUT2D eigenvalue weighted by atomic mass is 16.5. The molecule has 0 radical (unpaired) electrons. The molecule has 1 fully saturated rings. The summed E-state index contributed by atoms with van der Waals surface area (Å²) in [7, 11) is 3.47. The maximum Gasteiger partial charge on any atom is 0.262 e. The standard InChI is InChI=1S/C26H28N6O2/c1-16-4-7-23-20(12-16)25(33)30(2)26-29-28-24(32(23)26)15-31-10-8-17(9-11-31)21-14-27-22-6-5-18(34-3)13-19(21)22/h4-7,12-14,17,27H,8-11,15H2,1-3H3. The van der Waals surface area contributed by atoms with Gasteiger partial charge in [-0.15, -0.1) is 10.2 Å². The summed E-state index contributed by atoms with van der Waals surface area (Å²) in [5, 5.41) is 10.8. The molecule has 5 aromatic rings. The summed E-state index contributed by atoms with van der Waals surface area (Å²) >= 11 is 0. The molecule has 1 saturated heterocycles. The Kier molecular flexibility index (Phi) is 4.91. The van der Waals surface area contributed by atoms with E-state index in [-0.39, 0.29) is 5.56 Å². The number of ether oxygens (including phenoxy) is 1. The van der Waals surface area contributed by atoms with Crippen LogP contribution in [0, 0.1) is 6.92 Å². The van der Waals surface area contributed by atoms with Gasteiger partial charge in [0, 0.05) is 24.1 Å². The van der Waals surface area contributed by atoms with Crippen molar-refractivity contribution < 1.29 is 4.74 Å². The van der Waals surface area contributed by atoms with E-state index in [4.69, 9.17) is 4.74 Å². The van der Waals surface area contributed by atoms with Crippen LogP contribution in [-0.4, -0.2) is 49.2 Å². The first kappa shape index (κ1) is 20.9. The van der Waals surface area contributed by atoms with E-state index in [2.05, 4.69) is 38.4 Å². The van der Waals surface area contributed by atoms with Gasteiger partial charge in [-0.3, -0.25) is 18.7 Å². The SMILES string of the molecule is COc1ccc2[nH]cc(C3CCN(Cc4nnc5n(C)c(=O)c6cc(C)ccc6n45)CC3)c2c1. The smallest absolute Gasteiger partial charge is 0.262 e. The van der Waals surface area contributed by atoms with Gasteiger partial charge in [-0.05, 0) is 74.7 Å². The number of methoxy groups -OCH3 is 1. The molecule has 0 aliphatic carbocycles. The molecule has 0 amide bonds. The number of piperidine rings is 1. The first-order valence-corrected chi connectivity index (χ1v) is 11.7. The third kappa shape index (κ3) is 3.28. The van der Waals surface area contributed by atoms with Gasteiger partial charge in [0.25, 0.3) is 5.56 Å². The first-order chi connectivity index (χ1) is 16.5. The second-order valence-corrected chi connectivity index (χ2v) is 9.34. The summed E-state index contributed by atoms with van der Waals surface area (Å²) in [4.78, 5) is 18.7. The van der Waals surface area contributed by atoms with Crippen LogP contribution in [0.4, 0.5) is 0 Å². The molecule has 8 nitrogen and oxygen atoms in total. The summed E-state index contributed by atoms with van der Waals surface area (Å²) in [5.41, 5.74) is 4.42. The monoisotopic (exact) mass is 456 g/mol. The third-order valence-corrected chi connectivity index (χ3v) is 7.25. The van der Waals surface area contributed by atoms with Crippen molar-refractivity contribution in [3.8, 4) is 5.75 Å². The zero-order valence-corrected chi connectivity index (χ0v) is 19.7. The van der Waals surface area contributed by atoms with E-state index in [0.29, 0.717) is 23.6 Å². The Bertz CT molecular complexity index is 1590. The minimum Gasteiger partial charge on any atom is -0.497 e. The molecular formula is C26H28N6O2. The van der Waals surface area contributed by atoms with Crippen LogP contribution < -0.4 is 10.3 Å². The molecule has 1 aliphatic heterocycles. The van der Waals surface area contributed by atoms with E-state index in [1.54, 1.807) is 18.7 Å². The molecule has 0 saturated carbocycles. The van der Waals surface area contributed by atoms with E-state index in [1.165, 1.54) is 10.9 Å². The van der Waals surface area contributed by atoms with Crippen LogP contribution in [0.1, 0.15) is 35.7 Å². The second-order valence-electron chi connectivity index (χ2n) is 9.34. The Morgan fingerprint density at radius 1 is 1.09 bits per heavy atom. The van der Waals surface area contributed by atoms with Gasteiger partial charge in [0.1, 0.15) is 5.75 Å². The maximum absolute atomic E-state index is 12.8. The lowest BCUT2D eigenvalue weighted by Crippen LogP contribution is -2.33. The van der Waals surface area contributed by atoms with E-state index >= 15 is 0 Å². The summed E-state index contributed by atoms with van der Waals surface area (Å²) in [6, 6.07) is 12.2. The zero-order valence-electron chi connectivity index (χ0n) is 19.7. The molecule has 6 rings (SSSR count). The minimum atomic E-state index is -0.0404. The molecule has 1 N–H and O–H groups in total. The van der Waals surface area contributed by atoms with E-state index in [0.717, 1.165) is 54.1 Å². The molecule has 4 heterocycles. The molecule has 1 aliphatic rings. The number of hydrogen-bond acceptors (Lipinski definition) is 5. The average Bonchev–Trinajstić information content (AvgIpc) is 3.47. The number of hydrogen-bond donors (Lipinski definition) is 1. The Labute approximate surface area is 196 Å². The number of rotatable bonds is 4. The number of aromatic amines is 1. The van der Waals surface area contributed by atoms with Crippen LogP contribution in [0.15, 0.2) is 47.4 Å². The van der Waals surface area contributed by atoms with Crippen LogP contribution in [-0.2, 0) is 13.6 Å². The Hall–Kier alpha value is -3.65. The summed E-state index contributed by atoms with van der Waals surface area (Å²) in [5.74, 6) is 2.85. The fourth-order valence-corrected chi connectivity index (χ4v) is 5.35. The van der Waals surface area contributed by atoms with Gasteiger partial charge in [0.2, 0.25) is 5.78 Å². The molecule has 174 valence electrons. The van der Waals surface area contributed by atoms with Gasteiger partial charge in [0.05, 0.1) is 24.6 Å². The van der Waals surface area contributed by atoms with Crippen molar-refractivity contribution >= 4 is 27.6 Å². The maximum atomic E-state index is 12.8. The van der Waals surface area contributed by atoms with Gasteiger partial charge < -0.3 is 9.72 Å². The van der Waals surface area contributed by atoms with Gasteiger partial charge >= 0.3 is 0 Å². The van der Waals surface area contributed by atoms with Crippen LogP contribution >= 0.6 is 0 Å². The van der Waals surface area contributed by atoms with Crippen molar-refractivity contribution in [3.63, 3.8) is 0 Å². The van der Waals surface area contributed by atoms with Gasteiger partial charge in [0.15, 0.2) is 5.82 Å². The number of likely N-dealkylation sites (tertiary alicyclic amines) is 1. The fraction of sp³-hybridized carbons (Fsp3) is 0.346. The summed E-state index contributed by atoms with van der Waals surface area (Å²) < 4.78 is 9.07. The molecule has 0 atom stereocenters. The van der Waals surface area contributed by atoms with Crippen molar-refractivity contribution in [1.29, 1.82) is 0 Å². The van der Waals surface area contributed by atoms with E-state index in [1.807, 2.05) is 35.6 Å². The highest BCUT2D eigenvalue weighted by molar-refractivity contribution is 5.85. The Morgan fingerprint density at radius 2 is 1.91 bits per heavy atom. The van der Waals surface area contributed by atoms with Crippen LogP contribution in [0.25, 0.3) is 27.6 Å².